The molecule has 1 fully saturated rings. The molecule has 0 N–H and O–H groups in total. The molecular weight excluding hydrogens is 458 g/mol. The van der Waals surface area contributed by atoms with E-state index in [1.54, 1.807) is 34.6 Å². The predicted octanol–water partition coefficient (Wildman–Crippen LogP) is 4.75. The molecule has 0 bridgehead atoms. The average Bonchev–Trinajstić information content (AvgIpc) is 3.52. The minimum absolute atomic E-state index is 0.184. The molecule has 0 atom stereocenters. The van der Waals surface area contributed by atoms with Crippen LogP contribution in [0.5, 0.6) is 11.5 Å². The van der Waals surface area contributed by atoms with E-state index in [2.05, 4.69) is 10.1 Å². The smallest absolute Gasteiger partial charge is 0.294 e. The van der Waals surface area contributed by atoms with Crippen molar-refractivity contribution < 1.29 is 26.8 Å². The third-order valence-electron chi connectivity index (χ3n) is 6.36. The molecule has 4 heterocycles. The third-order valence-corrected chi connectivity index (χ3v) is 8.26. The van der Waals surface area contributed by atoms with Crippen molar-refractivity contribution in [2.45, 2.75) is 37.5 Å². The number of hydrogen-bond acceptors (Lipinski definition) is 8. The van der Waals surface area contributed by atoms with Crippen molar-refractivity contribution in [3.63, 3.8) is 0 Å². The van der Waals surface area contributed by atoms with E-state index >= 15 is 0 Å². The van der Waals surface area contributed by atoms with E-state index in [9.17, 15) is 8.42 Å². The van der Waals surface area contributed by atoms with Gasteiger partial charge in [0.25, 0.3) is 5.89 Å². The number of benzene rings is 2. The van der Waals surface area contributed by atoms with Crippen molar-refractivity contribution in [3.8, 4) is 34.5 Å². The van der Waals surface area contributed by atoms with Gasteiger partial charge in [0.05, 0.1) is 4.90 Å². The Bertz CT molecular complexity index is 1480. The Morgan fingerprint density at radius 1 is 0.941 bits per heavy atom. The zero-order chi connectivity index (χ0) is 23.3. The van der Waals surface area contributed by atoms with Crippen LogP contribution < -0.4 is 9.47 Å². The van der Waals surface area contributed by atoms with Gasteiger partial charge in [-0.25, -0.2) is 8.42 Å². The van der Waals surface area contributed by atoms with Gasteiger partial charge in [0.1, 0.15) is 5.58 Å². The van der Waals surface area contributed by atoms with E-state index in [1.807, 2.05) is 13.0 Å². The fraction of sp³-hybridized carbons (Fsp3) is 0.333. The number of aromatic nitrogens is 2. The van der Waals surface area contributed by atoms with Crippen LogP contribution in [0, 0.1) is 6.92 Å². The lowest BCUT2D eigenvalue weighted by Crippen LogP contribution is -2.31. The summed E-state index contributed by atoms with van der Waals surface area (Å²) < 4.78 is 50.3. The topological polar surface area (TPSA) is 108 Å². The quantitative estimate of drug-likeness (QED) is 0.411. The molecule has 4 aromatic rings. The molecule has 0 aliphatic carbocycles. The first-order valence-corrected chi connectivity index (χ1v) is 12.7. The van der Waals surface area contributed by atoms with E-state index in [4.69, 9.17) is 18.4 Å². The van der Waals surface area contributed by atoms with Crippen LogP contribution in [0.25, 0.3) is 34.0 Å². The summed E-state index contributed by atoms with van der Waals surface area (Å²) in [5.74, 6) is 2.32. The Balaban J connectivity index is 1.34. The molecule has 1 saturated heterocycles. The van der Waals surface area contributed by atoms with Crippen LogP contribution >= 0.6 is 0 Å². The Morgan fingerprint density at radius 2 is 1.74 bits per heavy atom. The largest absolute Gasteiger partial charge is 0.454 e. The summed E-state index contributed by atoms with van der Waals surface area (Å²) in [5, 5.41) is 4.78. The summed E-state index contributed by atoms with van der Waals surface area (Å²) in [5.41, 5.74) is 2.02. The second kappa shape index (κ2) is 8.14. The zero-order valence-corrected chi connectivity index (χ0v) is 19.4. The summed E-state index contributed by atoms with van der Waals surface area (Å²) >= 11 is 0. The van der Waals surface area contributed by atoms with E-state index in [0.29, 0.717) is 47.1 Å². The molecule has 10 heteroatoms. The third kappa shape index (κ3) is 3.54. The van der Waals surface area contributed by atoms with E-state index in [-0.39, 0.29) is 17.6 Å². The maximum atomic E-state index is 13.2. The number of sulfonamides is 1. The Morgan fingerprint density at radius 3 is 2.56 bits per heavy atom. The van der Waals surface area contributed by atoms with Crippen molar-refractivity contribution in [2.75, 3.05) is 19.9 Å². The molecule has 0 amide bonds. The lowest BCUT2D eigenvalue weighted by Gasteiger charge is -2.19. The minimum atomic E-state index is -3.57. The Kier molecular flexibility index (Phi) is 5.07. The maximum absolute atomic E-state index is 13.2. The van der Waals surface area contributed by atoms with Crippen LogP contribution in [-0.2, 0) is 10.0 Å². The van der Waals surface area contributed by atoms with E-state index < -0.39 is 10.0 Å². The normalized spacial score (nSPS) is 16.7. The average molecular weight is 482 g/mol. The highest BCUT2D eigenvalue weighted by atomic mass is 32.2. The standard InChI is InChI=1S/C24H23N3O6S/c1-15-18-13-17(34(28,29)27-10-4-2-3-5-11-27)7-9-19(18)32-22(15)24-25-23(26-33-24)16-6-8-20-21(12-16)31-14-30-20/h6-9,12-13H,2-5,10-11,14H2,1H3. The first-order valence-electron chi connectivity index (χ1n) is 11.3. The number of fused-ring (bicyclic) bond motifs is 2. The molecular formula is C24H23N3O6S. The van der Waals surface area contributed by atoms with Gasteiger partial charge < -0.3 is 18.4 Å². The van der Waals surface area contributed by atoms with Crippen molar-refractivity contribution >= 4 is 21.0 Å². The summed E-state index contributed by atoms with van der Waals surface area (Å²) in [6.07, 6.45) is 3.90. The minimum Gasteiger partial charge on any atom is -0.454 e. The van der Waals surface area contributed by atoms with Gasteiger partial charge in [0, 0.05) is 29.6 Å². The number of nitrogens with zero attached hydrogens (tertiary/aromatic N) is 3. The first kappa shape index (κ1) is 21.2. The molecule has 2 aliphatic heterocycles. The number of furan rings is 1. The number of aryl methyl sites for hydroxylation is 1. The molecule has 2 aromatic heterocycles. The fourth-order valence-corrected chi connectivity index (χ4v) is 6.01. The van der Waals surface area contributed by atoms with Crippen molar-refractivity contribution in [1.29, 1.82) is 0 Å². The first-order chi connectivity index (χ1) is 16.5. The van der Waals surface area contributed by atoms with Crippen LogP contribution in [0.2, 0.25) is 0 Å². The molecule has 34 heavy (non-hydrogen) atoms. The van der Waals surface area contributed by atoms with Gasteiger partial charge in [-0.3, -0.25) is 0 Å². The van der Waals surface area contributed by atoms with Gasteiger partial charge >= 0.3 is 0 Å². The van der Waals surface area contributed by atoms with Crippen LogP contribution in [0.15, 0.2) is 50.2 Å². The van der Waals surface area contributed by atoms with E-state index in [0.717, 1.165) is 36.8 Å². The van der Waals surface area contributed by atoms with Gasteiger partial charge in [-0.2, -0.15) is 9.29 Å². The molecule has 9 nitrogen and oxygen atoms in total. The van der Waals surface area contributed by atoms with E-state index in [1.165, 1.54) is 0 Å². The van der Waals surface area contributed by atoms with Gasteiger partial charge in [-0.15, -0.1) is 0 Å². The summed E-state index contributed by atoms with van der Waals surface area (Å²) in [4.78, 5) is 4.76. The zero-order valence-electron chi connectivity index (χ0n) is 18.6. The predicted molar refractivity (Wildman–Crippen MR) is 123 cm³/mol. The molecule has 0 unspecified atom stereocenters. The van der Waals surface area contributed by atoms with Crippen molar-refractivity contribution in [3.05, 3.63) is 42.0 Å². The Hall–Kier alpha value is -3.37. The highest BCUT2D eigenvalue weighted by molar-refractivity contribution is 7.89. The summed E-state index contributed by atoms with van der Waals surface area (Å²) in [6, 6.07) is 10.4. The van der Waals surface area contributed by atoms with Gasteiger partial charge in [0.15, 0.2) is 17.3 Å². The lowest BCUT2D eigenvalue weighted by molar-refractivity contribution is 0.174. The van der Waals surface area contributed by atoms with Crippen LogP contribution in [0.4, 0.5) is 0 Å². The highest BCUT2D eigenvalue weighted by Gasteiger charge is 2.27. The van der Waals surface area contributed by atoms with Gasteiger partial charge in [0.2, 0.25) is 22.6 Å². The molecule has 176 valence electrons. The van der Waals surface area contributed by atoms with Gasteiger partial charge in [-0.05, 0) is 56.2 Å². The van der Waals surface area contributed by atoms with Gasteiger partial charge in [-0.1, -0.05) is 18.0 Å². The molecule has 2 aliphatic rings. The number of rotatable bonds is 4. The molecule has 2 aromatic carbocycles. The molecule has 0 saturated carbocycles. The van der Waals surface area contributed by atoms with Crippen molar-refractivity contribution in [2.24, 2.45) is 0 Å². The molecule has 0 spiro atoms. The van der Waals surface area contributed by atoms with Crippen LogP contribution in [0.3, 0.4) is 0 Å². The summed E-state index contributed by atoms with van der Waals surface area (Å²) in [7, 11) is -3.57. The second-order valence-electron chi connectivity index (χ2n) is 8.52. The SMILES string of the molecule is Cc1c(-c2nc(-c3ccc4c(c3)OCO4)no2)oc2ccc(S(=O)(=O)N3CCCCCC3)cc12. The van der Waals surface area contributed by atoms with Crippen LogP contribution in [-0.4, -0.2) is 42.7 Å². The van der Waals surface area contributed by atoms with Crippen LogP contribution in [0.1, 0.15) is 31.2 Å². The number of hydrogen-bond donors (Lipinski definition) is 0. The fourth-order valence-electron chi connectivity index (χ4n) is 4.46. The lowest BCUT2D eigenvalue weighted by atomic mass is 10.1. The highest BCUT2D eigenvalue weighted by Crippen LogP contribution is 2.37. The molecule has 6 rings (SSSR count). The Labute approximate surface area is 196 Å². The molecule has 0 radical (unpaired) electrons. The summed E-state index contributed by atoms with van der Waals surface area (Å²) in [6.45, 7) is 3.15. The second-order valence-corrected chi connectivity index (χ2v) is 10.5. The number of ether oxygens (including phenoxy) is 2. The maximum Gasteiger partial charge on any atom is 0.294 e. The van der Waals surface area contributed by atoms with Crippen molar-refractivity contribution in [1.82, 2.24) is 14.4 Å². The monoisotopic (exact) mass is 481 g/mol.